The summed E-state index contributed by atoms with van der Waals surface area (Å²) in [7, 11) is 0. The van der Waals surface area contributed by atoms with Gasteiger partial charge < -0.3 is 5.32 Å². The fourth-order valence-corrected chi connectivity index (χ4v) is 2.87. The monoisotopic (exact) mass is 299 g/mol. The molecule has 0 bridgehead atoms. The first-order valence-corrected chi connectivity index (χ1v) is 7.66. The molecule has 0 saturated carbocycles. The van der Waals surface area contributed by atoms with Gasteiger partial charge in [0, 0.05) is 23.6 Å². The van der Waals surface area contributed by atoms with Gasteiger partial charge in [0.25, 0.3) is 0 Å². The van der Waals surface area contributed by atoms with Crippen LogP contribution in [0.15, 0.2) is 30.3 Å². The highest BCUT2D eigenvalue weighted by Gasteiger charge is 2.13. The molecule has 0 aliphatic rings. The molecule has 0 radical (unpaired) electrons. The summed E-state index contributed by atoms with van der Waals surface area (Å²) in [5, 5.41) is 8.64. The Bertz CT molecular complexity index is 745. The lowest BCUT2D eigenvalue weighted by Gasteiger charge is -2.03. The first kappa shape index (κ1) is 13.8. The van der Waals surface area contributed by atoms with Crippen LogP contribution in [0.3, 0.4) is 0 Å². The predicted octanol–water partition coefficient (Wildman–Crippen LogP) is 3.78. The summed E-state index contributed by atoms with van der Waals surface area (Å²) in [6.07, 6.45) is 0. The standard InChI is InChI=1S/C15H17N5S/c1-4-20-11(3)13(10(2)18-20)16-15-17-14(19-21-15)12-8-6-5-7-9-12/h5-9H,4H2,1-3H3,(H,16,17,19). The van der Waals surface area contributed by atoms with E-state index < -0.39 is 0 Å². The minimum Gasteiger partial charge on any atom is -0.327 e. The van der Waals surface area contributed by atoms with E-state index in [1.165, 1.54) is 11.5 Å². The molecule has 0 saturated heterocycles. The van der Waals surface area contributed by atoms with Crippen LogP contribution in [0.2, 0.25) is 0 Å². The maximum absolute atomic E-state index is 4.55. The number of anilines is 2. The van der Waals surface area contributed by atoms with Crippen LogP contribution in [-0.4, -0.2) is 19.1 Å². The van der Waals surface area contributed by atoms with Gasteiger partial charge in [-0.1, -0.05) is 30.3 Å². The third kappa shape index (κ3) is 2.67. The van der Waals surface area contributed by atoms with E-state index in [2.05, 4.69) is 33.6 Å². The average Bonchev–Trinajstić information content (AvgIpc) is 3.08. The molecule has 2 aromatic heterocycles. The lowest BCUT2D eigenvalue weighted by molar-refractivity contribution is 0.634. The molecular weight excluding hydrogens is 282 g/mol. The van der Waals surface area contributed by atoms with Gasteiger partial charge in [0.05, 0.1) is 17.1 Å². The van der Waals surface area contributed by atoms with Crippen LogP contribution >= 0.6 is 11.5 Å². The third-order valence-electron chi connectivity index (χ3n) is 3.37. The van der Waals surface area contributed by atoms with Crippen molar-refractivity contribution < 1.29 is 0 Å². The van der Waals surface area contributed by atoms with Crippen molar-refractivity contribution in [1.29, 1.82) is 0 Å². The van der Waals surface area contributed by atoms with Gasteiger partial charge in [-0.25, -0.2) is 0 Å². The molecule has 1 aromatic carbocycles. The topological polar surface area (TPSA) is 55.6 Å². The van der Waals surface area contributed by atoms with Crippen molar-refractivity contribution in [2.24, 2.45) is 0 Å². The normalized spacial score (nSPS) is 10.8. The van der Waals surface area contributed by atoms with Crippen molar-refractivity contribution in [1.82, 2.24) is 19.1 Å². The lowest BCUT2D eigenvalue weighted by atomic mass is 10.2. The van der Waals surface area contributed by atoms with E-state index in [1.54, 1.807) is 0 Å². The number of rotatable bonds is 4. The summed E-state index contributed by atoms with van der Waals surface area (Å²) >= 11 is 1.36. The summed E-state index contributed by atoms with van der Waals surface area (Å²) in [6.45, 7) is 7.01. The minimum absolute atomic E-state index is 0.751. The number of hydrogen-bond acceptors (Lipinski definition) is 5. The summed E-state index contributed by atoms with van der Waals surface area (Å²) in [5.41, 5.74) is 4.14. The van der Waals surface area contributed by atoms with Crippen molar-refractivity contribution in [2.45, 2.75) is 27.3 Å². The summed E-state index contributed by atoms with van der Waals surface area (Å²) in [5.74, 6) is 0.751. The first-order valence-electron chi connectivity index (χ1n) is 6.89. The molecular formula is C15H17N5S. The van der Waals surface area contributed by atoms with Gasteiger partial charge in [0.2, 0.25) is 5.13 Å². The second-order valence-electron chi connectivity index (χ2n) is 4.78. The van der Waals surface area contributed by atoms with Gasteiger partial charge in [-0.15, -0.1) is 0 Å². The Morgan fingerprint density at radius 3 is 2.62 bits per heavy atom. The van der Waals surface area contributed by atoms with E-state index in [4.69, 9.17) is 0 Å². The predicted molar refractivity (Wildman–Crippen MR) is 86.0 cm³/mol. The minimum atomic E-state index is 0.751. The van der Waals surface area contributed by atoms with Crippen LogP contribution in [-0.2, 0) is 6.54 Å². The van der Waals surface area contributed by atoms with E-state index >= 15 is 0 Å². The van der Waals surface area contributed by atoms with E-state index in [0.29, 0.717) is 0 Å². The van der Waals surface area contributed by atoms with E-state index in [0.717, 1.165) is 40.1 Å². The summed E-state index contributed by atoms with van der Waals surface area (Å²) in [4.78, 5) is 4.55. The zero-order valence-corrected chi connectivity index (χ0v) is 13.1. The molecule has 108 valence electrons. The SMILES string of the molecule is CCn1nc(C)c(Nc2nc(-c3ccccc3)ns2)c1C. The van der Waals surface area contributed by atoms with Crippen LogP contribution < -0.4 is 5.32 Å². The highest BCUT2D eigenvalue weighted by molar-refractivity contribution is 7.09. The zero-order valence-electron chi connectivity index (χ0n) is 12.3. The molecule has 3 rings (SSSR count). The maximum atomic E-state index is 4.55. The number of aryl methyl sites for hydroxylation is 2. The highest BCUT2D eigenvalue weighted by Crippen LogP contribution is 2.27. The molecule has 5 nitrogen and oxygen atoms in total. The van der Waals surface area contributed by atoms with Crippen molar-refractivity contribution in [3.8, 4) is 11.4 Å². The van der Waals surface area contributed by atoms with Crippen LogP contribution in [0.1, 0.15) is 18.3 Å². The zero-order chi connectivity index (χ0) is 14.8. The number of aromatic nitrogens is 4. The van der Waals surface area contributed by atoms with Crippen LogP contribution in [0.4, 0.5) is 10.8 Å². The van der Waals surface area contributed by atoms with Crippen LogP contribution in [0, 0.1) is 13.8 Å². The Labute approximate surface area is 127 Å². The van der Waals surface area contributed by atoms with Gasteiger partial charge in [0.1, 0.15) is 0 Å². The molecule has 2 heterocycles. The van der Waals surface area contributed by atoms with Crippen molar-refractivity contribution in [3.63, 3.8) is 0 Å². The third-order valence-corrected chi connectivity index (χ3v) is 4.00. The second kappa shape index (κ2) is 5.65. The van der Waals surface area contributed by atoms with E-state index in [-0.39, 0.29) is 0 Å². The quantitative estimate of drug-likeness (QED) is 0.796. The number of benzene rings is 1. The number of hydrogen-bond donors (Lipinski definition) is 1. The lowest BCUT2D eigenvalue weighted by Crippen LogP contribution is -1.99. The summed E-state index contributed by atoms with van der Waals surface area (Å²) in [6, 6.07) is 9.99. The molecule has 3 aromatic rings. The van der Waals surface area contributed by atoms with Gasteiger partial charge in [-0.05, 0) is 20.8 Å². The largest absolute Gasteiger partial charge is 0.327 e. The second-order valence-corrected chi connectivity index (χ2v) is 5.53. The molecule has 0 atom stereocenters. The van der Waals surface area contributed by atoms with E-state index in [9.17, 15) is 0 Å². The van der Waals surface area contributed by atoms with Gasteiger partial charge >= 0.3 is 0 Å². The molecule has 0 spiro atoms. The van der Waals surface area contributed by atoms with Gasteiger partial charge in [-0.3, -0.25) is 4.68 Å². The highest BCUT2D eigenvalue weighted by atomic mass is 32.1. The van der Waals surface area contributed by atoms with Gasteiger partial charge in [-0.2, -0.15) is 14.5 Å². The Balaban J connectivity index is 1.87. The molecule has 1 N–H and O–H groups in total. The molecule has 21 heavy (non-hydrogen) atoms. The maximum Gasteiger partial charge on any atom is 0.207 e. The summed E-state index contributed by atoms with van der Waals surface area (Å²) < 4.78 is 6.39. The number of nitrogens with one attached hydrogen (secondary N) is 1. The molecule has 0 aliphatic heterocycles. The fraction of sp³-hybridized carbons (Fsp3) is 0.267. The van der Waals surface area contributed by atoms with Crippen LogP contribution in [0.25, 0.3) is 11.4 Å². The van der Waals surface area contributed by atoms with Crippen LogP contribution in [0.5, 0.6) is 0 Å². The fourth-order valence-electron chi connectivity index (χ4n) is 2.27. The molecule has 0 amide bonds. The first-order chi connectivity index (χ1) is 10.2. The molecule has 0 aliphatic carbocycles. The molecule has 0 fully saturated rings. The van der Waals surface area contributed by atoms with Gasteiger partial charge in [0.15, 0.2) is 5.82 Å². The van der Waals surface area contributed by atoms with E-state index in [1.807, 2.05) is 41.9 Å². The smallest absolute Gasteiger partial charge is 0.207 e. The number of nitrogens with zero attached hydrogens (tertiary/aromatic N) is 4. The average molecular weight is 299 g/mol. The Morgan fingerprint density at radius 1 is 1.19 bits per heavy atom. The van der Waals surface area contributed by atoms with Crippen molar-refractivity contribution in [3.05, 3.63) is 41.7 Å². The van der Waals surface area contributed by atoms with Crippen molar-refractivity contribution >= 4 is 22.4 Å². The Hall–Kier alpha value is -2.21. The van der Waals surface area contributed by atoms with Crippen molar-refractivity contribution in [2.75, 3.05) is 5.32 Å². The Kier molecular flexibility index (Phi) is 3.70. The molecule has 6 heteroatoms. The Morgan fingerprint density at radius 2 is 1.95 bits per heavy atom. The molecule has 0 unspecified atom stereocenters.